The number of rotatable bonds is 10. The van der Waals surface area contributed by atoms with Crippen LogP contribution in [0.2, 0.25) is 0 Å². The van der Waals surface area contributed by atoms with E-state index in [4.69, 9.17) is 0 Å². The van der Waals surface area contributed by atoms with Crippen molar-refractivity contribution in [2.45, 2.75) is 27.2 Å². The minimum atomic E-state index is -0.268. The van der Waals surface area contributed by atoms with Gasteiger partial charge in [0.2, 0.25) is 5.91 Å². The molecule has 7 heteroatoms. The molecule has 7 nitrogen and oxygen atoms in total. The Bertz CT molecular complexity index is 589. The topological polar surface area (TPSA) is 91.7 Å². The van der Waals surface area contributed by atoms with E-state index in [2.05, 4.69) is 16.0 Å². The van der Waals surface area contributed by atoms with Crippen LogP contribution in [0, 0.1) is 0 Å². The van der Waals surface area contributed by atoms with Crippen molar-refractivity contribution in [2.24, 2.45) is 0 Å². The van der Waals surface area contributed by atoms with Gasteiger partial charge in [-0.15, -0.1) is 0 Å². The number of nitrogens with one attached hydrogen (secondary N) is 4. The number of carbonyl (C=O) groups is 3. The molecular weight excluding hydrogens is 320 g/mol. The highest BCUT2D eigenvalue weighted by Gasteiger charge is 2.16. The summed E-state index contributed by atoms with van der Waals surface area (Å²) in [6.07, 6.45) is 0.817. The number of benzene rings is 1. The lowest BCUT2D eigenvalue weighted by Gasteiger charge is -2.16. The number of hydrogen-bond acceptors (Lipinski definition) is 3. The molecule has 0 bridgehead atoms. The van der Waals surface area contributed by atoms with Crippen LogP contribution >= 0.6 is 0 Å². The first kappa shape index (κ1) is 20.6. The molecule has 0 saturated heterocycles. The highest BCUT2D eigenvalue weighted by Crippen LogP contribution is 2.14. The Morgan fingerprint density at radius 3 is 2.16 bits per heavy atom. The number of aryl methyl sites for hydroxylation is 1. The summed E-state index contributed by atoms with van der Waals surface area (Å²) in [5.74, 6) is -0.600. The van der Waals surface area contributed by atoms with Crippen molar-refractivity contribution < 1.29 is 19.3 Å². The smallest absolute Gasteiger partial charge is 0.275 e. The van der Waals surface area contributed by atoms with Gasteiger partial charge in [0.25, 0.3) is 11.8 Å². The summed E-state index contributed by atoms with van der Waals surface area (Å²) < 4.78 is 0. The van der Waals surface area contributed by atoms with E-state index in [0.717, 1.165) is 22.6 Å². The van der Waals surface area contributed by atoms with Crippen LogP contribution in [0.1, 0.15) is 26.3 Å². The van der Waals surface area contributed by atoms with Gasteiger partial charge in [0, 0.05) is 12.2 Å². The number of quaternary nitrogens is 1. The minimum absolute atomic E-state index is 0.0823. The molecule has 1 unspecified atom stereocenters. The maximum atomic E-state index is 12.0. The SMILES string of the molecule is CCNC(=O)C[NH+](CC)CC(=O)NCC(=O)Nc1ccccc1CC. The first-order valence-electron chi connectivity index (χ1n) is 8.74. The fraction of sp³-hybridized carbons (Fsp3) is 0.500. The third kappa shape index (κ3) is 7.80. The molecule has 0 radical (unpaired) electrons. The van der Waals surface area contributed by atoms with E-state index in [1.165, 1.54) is 0 Å². The molecule has 1 atom stereocenters. The zero-order valence-electron chi connectivity index (χ0n) is 15.3. The third-order valence-corrected chi connectivity index (χ3v) is 3.81. The van der Waals surface area contributed by atoms with Gasteiger partial charge < -0.3 is 20.9 Å². The molecule has 3 amide bonds. The van der Waals surface area contributed by atoms with E-state index >= 15 is 0 Å². The number of anilines is 1. The van der Waals surface area contributed by atoms with Gasteiger partial charge in [0.05, 0.1) is 13.1 Å². The van der Waals surface area contributed by atoms with Crippen LogP contribution in [0.15, 0.2) is 24.3 Å². The predicted molar refractivity (Wildman–Crippen MR) is 97.4 cm³/mol. The van der Waals surface area contributed by atoms with E-state index in [1.54, 1.807) is 0 Å². The Balaban J connectivity index is 2.41. The van der Waals surface area contributed by atoms with Crippen molar-refractivity contribution in [1.82, 2.24) is 10.6 Å². The zero-order chi connectivity index (χ0) is 18.7. The van der Waals surface area contributed by atoms with Crippen molar-refractivity contribution in [3.8, 4) is 0 Å². The molecule has 0 aromatic heterocycles. The normalized spacial score (nSPS) is 11.5. The summed E-state index contributed by atoms with van der Waals surface area (Å²) >= 11 is 0. The maximum Gasteiger partial charge on any atom is 0.275 e. The number of carbonyl (C=O) groups excluding carboxylic acids is 3. The lowest BCUT2D eigenvalue weighted by molar-refractivity contribution is -0.881. The molecule has 0 heterocycles. The summed E-state index contributed by atoms with van der Waals surface area (Å²) in [6.45, 7) is 7.32. The second kappa shape index (κ2) is 11.2. The van der Waals surface area contributed by atoms with Gasteiger partial charge in [-0.25, -0.2) is 0 Å². The molecular formula is C18H29N4O3+. The summed E-state index contributed by atoms with van der Waals surface area (Å²) in [6, 6.07) is 7.58. The predicted octanol–water partition coefficient (Wildman–Crippen LogP) is -0.655. The van der Waals surface area contributed by atoms with Crippen LogP contribution in [-0.2, 0) is 20.8 Å². The van der Waals surface area contributed by atoms with E-state index in [-0.39, 0.29) is 37.4 Å². The van der Waals surface area contributed by atoms with Gasteiger partial charge >= 0.3 is 0 Å². The van der Waals surface area contributed by atoms with Crippen LogP contribution in [0.5, 0.6) is 0 Å². The van der Waals surface area contributed by atoms with Crippen LogP contribution in [0.4, 0.5) is 5.69 Å². The highest BCUT2D eigenvalue weighted by atomic mass is 16.2. The highest BCUT2D eigenvalue weighted by molar-refractivity contribution is 5.95. The van der Waals surface area contributed by atoms with Gasteiger partial charge in [0.15, 0.2) is 13.1 Å². The number of likely N-dealkylation sites (N-methyl/N-ethyl adjacent to an activating group) is 2. The zero-order valence-corrected chi connectivity index (χ0v) is 15.3. The second-order valence-corrected chi connectivity index (χ2v) is 5.75. The van der Waals surface area contributed by atoms with Crippen LogP contribution < -0.4 is 20.9 Å². The fourth-order valence-corrected chi connectivity index (χ4v) is 2.41. The minimum Gasteiger partial charge on any atom is -0.351 e. The van der Waals surface area contributed by atoms with Crippen molar-refractivity contribution in [1.29, 1.82) is 0 Å². The van der Waals surface area contributed by atoms with E-state index in [1.807, 2.05) is 45.0 Å². The Morgan fingerprint density at radius 1 is 0.920 bits per heavy atom. The first-order chi connectivity index (χ1) is 12.0. The van der Waals surface area contributed by atoms with Gasteiger partial charge in [0.1, 0.15) is 0 Å². The van der Waals surface area contributed by atoms with Gasteiger partial charge in [-0.05, 0) is 31.9 Å². The molecule has 1 rings (SSSR count). The lowest BCUT2D eigenvalue weighted by Crippen LogP contribution is -3.14. The quantitative estimate of drug-likeness (QED) is 0.452. The molecule has 4 N–H and O–H groups in total. The molecule has 1 aromatic carbocycles. The number of hydrogen-bond donors (Lipinski definition) is 4. The van der Waals surface area contributed by atoms with E-state index < -0.39 is 0 Å². The lowest BCUT2D eigenvalue weighted by atomic mass is 10.1. The molecule has 0 aliphatic rings. The molecule has 0 spiro atoms. The molecule has 0 saturated carbocycles. The Kier molecular flexibility index (Phi) is 9.24. The Labute approximate surface area is 149 Å². The molecule has 0 aliphatic carbocycles. The first-order valence-corrected chi connectivity index (χ1v) is 8.74. The van der Waals surface area contributed by atoms with Crippen LogP contribution in [0.25, 0.3) is 0 Å². The molecule has 138 valence electrons. The Morgan fingerprint density at radius 2 is 1.56 bits per heavy atom. The van der Waals surface area contributed by atoms with Crippen LogP contribution in [0.3, 0.4) is 0 Å². The number of amides is 3. The standard InChI is InChI=1S/C18H28N4O3/c1-4-14-9-7-8-10-15(14)21-16(23)11-20-18(25)13-22(6-3)12-17(24)19-5-2/h7-10H,4-6,11-13H2,1-3H3,(H,19,24)(H,20,25)(H,21,23)/p+1. The van der Waals surface area contributed by atoms with Crippen molar-refractivity contribution >= 4 is 23.4 Å². The third-order valence-electron chi connectivity index (χ3n) is 3.81. The van der Waals surface area contributed by atoms with E-state index in [0.29, 0.717) is 13.1 Å². The monoisotopic (exact) mass is 349 g/mol. The molecule has 0 aliphatic heterocycles. The summed E-state index contributed by atoms with van der Waals surface area (Å²) in [4.78, 5) is 36.4. The molecule has 1 aromatic rings. The average molecular weight is 349 g/mol. The van der Waals surface area contributed by atoms with Crippen LogP contribution in [-0.4, -0.2) is 50.4 Å². The van der Waals surface area contributed by atoms with Crippen molar-refractivity contribution in [3.63, 3.8) is 0 Å². The fourth-order valence-electron chi connectivity index (χ4n) is 2.41. The summed E-state index contributed by atoms with van der Waals surface area (Å²) in [5, 5.41) is 8.13. The maximum absolute atomic E-state index is 12.0. The van der Waals surface area contributed by atoms with Crippen molar-refractivity contribution in [3.05, 3.63) is 29.8 Å². The molecule has 0 fully saturated rings. The largest absolute Gasteiger partial charge is 0.351 e. The van der Waals surface area contributed by atoms with Crippen molar-refractivity contribution in [2.75, 3.05) is 38.0 Å². The van der Waals surface area contributed by atoms with Gasteiger partial charge in [-0.2, -0.15) is 0 Å². The van der Waals surface area contributed by atoms with E-state index in [9.17, 15) is 14.4 Å². The molecule has 25 heavy (non-hydrogen) atoms. The Hall–Kier alpha value is -2.41. The summed E-state index contributed by atoms with van der Waals surface area (Å²) in [7, 11) is 0. The second-order valence-electron chi connectivity index (χ2n) is 5.75. The average Bonchev–Trinajstić information content (AvgIpc) is 2.60. The summed E-state index contributed by atoms with van der Waals surface area (Å²) in [5.41, 5.74) is 1.81. The number of para-hydroxylation sites is 1. The van der Waals surface area contributed by atoms with Gasteiger partial charge in [-0.3, -0.25) is 14.4 Å². The van der Waals surface area contributed by atoms with Gasteiger partial charge in [-0.1, -0.05) is 25.1 Å².